The van der Waals surface area contributed by atoms with Gasteiger partial charge in [0.05, 0.1) is 6.61 Å². The van der Waals surface area contributed by atoms with Gasteiger partial charge in [-0.2, -0.15) is 0 Å². The summed E-state index contributed by atoms with van der Waals surface area (Å²) >= 11 is 0. The van der Waals surface area contributed by atoms with E-state index < -0.39 is 9.04 Å². The standard InChI is InChI=1S/C12H16O3Si/c1-3-12(13)14-10-16(2)15-9-11-7-5-4-6-8-11/h3-8,16H,1,9-10H2,2H3. The molecule has 1 aromatic rings. The first-order chi connectivity index (χ1) is 7.72. The van der Waals surface area contributed by atoms with Crippen LogP contribution in [0.5, 0.6) is 0 Å². The monoisotopic (exact) mass is 236 g/mol. The zero-order valence-electron chi connectivity index (χ0n) is 9.39. The minimum atomic E-state index is -1.43. The van der Waals surface area contributed by atoms with Crippen LogP contribution in [0.1, 0.15) is 5.56 Å². The second-order valence-corrected chi connectivity index (χ2v) is 5.73. The van der Waals surface area contributed by atoms with Crippen LogP contribution in [-0.2, 0) is 20.6 Å². The predicted molar refractivity (Wildman–Crippen MR) is 65.4 cm³/mol. The Kier molecular flexibility index (Phi) is 5.53. The molecule has 0 aliphatic carbocycles. The van der Waals surface area contributed by atoms with Gasteiger partial charge < -0.3 is 9.16 Å². The largest absolute Gasteiger partial charge is 0.464 e. The van der Waals surface area contributed by atoms with Crippen LogP contribution < -0.4 is 0 Å². The fourth-order valence-electron chi connectivity index (χ4n) is 1.12. The smallest absolute Gasteiger partial charge is 0.329 e. The molecule has 1 aromatic carbocycles. The van der Waals surface area contributed by atoms with Crippen molar-refractivity contribution < 1.29 is 14.0 Å². The summed E-state index contributed by atoms with van der Waals surface area (Å²) in [6.07, 6.45) is 1.55. The Balaban J connectivity index is 2.22. The van der Waals surface area contributed by atoms with E-state index in [4.69, 9.17) is 9.16 Å². The molecule has 0 saturated heterocycles. The van der Waals surface area contributed by atoms with Gasteiger partial charge in [-0.3, -0.25) is 0 Å². The summed E-state index contributed by atoms with van der Waals surface area (Å²) in [5, 5.41) is 0. The van der Waals surface area contributed by atoms with Gasteiger partial charge in [0.15, 0.2) is 0 Å². The van der Waals surface area contributed by atoms with Crippen molar-refractivity contribution in [2.75, 3.05) is 6.23 Å². The summed E-state index contributed by atoms with van der Waals surface area (Å²) in [5.41, 5.74) is 1.14. The highest BCUT2D eigenvalue weighted by Gasteiger charge is 2.07. The van der Waals surface area contributed by atoms with Crippen molar-refractivity contribution in [3.8, 4) is 0 Å². The van der Waals surface area contributed by atoms with E-state index in [-0.39, 0.29) is 5.97 Å². The van der Waals surface area contributed by atoms with Gasteiger partial charge in [0.25, 0.3) is 0 Å². The Morgan fingerprint density at radius 2 is 2.12 bits per heavy atom. The molecule has 0 fully saturated rings. The summed E-state index contributed by atoms with van der Waals surface area (Å²) in [4.78, 5) is 10.8. The minimum absolute atomic E-state index is 0.386. The second-order valence-electron chi connectivity index (χ2n) is 3.44. The first kappa shape index (κ1) is 12.7. The lowest BCUT2D eigenvalue weighted by molar-refractivity contribution is -0.136. The van der Waals surface area contributed by atoms with Crippen LogP contribution in [0.25, 0.3) is 0 Å². The summed E-state index contributed by atoms with van der Waals surface area (Å²) in [6.45, 7) is 5.91. The lowest BCUT2D eigenvalue weighted by atomic mass is 10.2. The lowest BCUT2D eigenvalue weighted by Gasteiger charge is -2.11. The van der Waals surface area contributed by atoms with E-state index >= 15 is 0 Å². The van der Waals surface area contributed by atoms with E-state index in [0.717, 1.165) is 11.6 Å². The number of hydrogen-bond donors (Lipinski definition) is 0. The van der Waals surface area contributed by atoms with Crippen molar-refractivity contribution in [2.24, 2.45) is 0 Å². The molecule has 1 unspecified atom stereocenters. The van der Waals surface area contributed by atoms with Crippen LogP contribution in [0.15, 0.2) is 43.0 Å². The maximum Gasteiger partial charge on any atom is 0.329 e. The van der Waals surface area contributed by atoms with Gasteiger partial charge in [0.2, 0.25) is 9.04 Å². The molecule has 16 heavy (non-hydrogen) atoms. The summed E-state index contributed by atoms with van der Waals surface area (Å²) in [5.74, 6) is -0.386. The third-order valence-corrected chi connectivity index (χ3v) is 3.38. The molecule has 1 rings (SSSR count). The van der Waals surface area contributed by atoms with Crippen LogP contribution in [-0.4, -0.2) is 21.2 Å². The van der Waals surface area contributed by atoms with Gasteiger partial charge in [-0.1, -0.05) is 36.9 Å². The van der Waals surface area contributed by atoms with Crippen LogP contribution >= 0.6 is 0 Å². The third-order valence-electron chi connectivity index (χ3n) is 2.00. The number of benzene rings is 1. The third kappa shape index (κ3) is 4.91. The molecular formula is C12H16O3Si. The number of hydrogen-bond acceptors (Lipinski definition) is 3. The first-order valence-corrected chi connectivity index (χ1v) is 7.61. The molecule has 0 aliphatic heterocycles. The number of esters is 1. The molecule has 0 N–H and O–H groups in total. The van der Waals surface area contributed by atoms with Gasteiger partial charge in [-0.25, -0.2) is 4.79 Å². The molecule has 0 saturated carbocycles. The first-order valence-electron chi connectivity index (χ1n) is 5.17. The Morgan fingerprint density at radius 3 is 2.75 bits per heavy atom. The molecule has 1 atom stereocenters. The van der Waals surface area contributed by atoms with E-state index in [1.54, 1.807) is 0 Å². The van der Waals surface area contributed by atoms with E-state index in [1.807, 2.05) is 36.9 Å². The number of carbonyl (C=O) groups excluding carboxylic acids is 1. The van der Waals surface area contributed by atoms with E-state index in [2.05, 4.69) is 6.58 Å². The molecule has 0 heterocycles. The summed E-state index contributed by atoms with van der Waals surface area (Å²) < 4.78 is 10.6. The van der Waals surface area contributed by atoms with Crippen LogP contribution in [0.2, 0.25) is 6.55 Å². The van der Waals surface area contributed by atoms with Gasteiger partial charge in [0.1, 0.15) is 6.23 Å². The Labute approximate surface area is 97.4 Å². The second kappa shape index (κ2) is 6.98. The highest BCUT2D eigenvalue weighted by molar-refractivity contribution is 6.50. The zero-order valence-corrected chi connectivity index (χ0v) is 10.5. The van der Waals surface area contributed by atoms with Crippen molar-refractivity contribution in [2.45, 2.75) is 13.2 Å². The van der Waals surface area contributed by atoms with E-state index in [1.165, 1.54) is 0 Å². The molecular weight excluding hydrogens is 220 g/mol. The van der Waals surface area contributed by atoms with E-state index in [0.29, 0.717) is 12.8 Å². The summed E-state index contributed by atoms with van der Waals surface area (Å²) in [7, 11) is -1.43. The van der Waals surface area contributed by atoms with Crippen molar-refractivity contribution in [1.82, 2.24) is 0 Å². The van der Waals surface area contributed by atoms with Crippen LogP contribution in [0.4, 0.5) is 0 Å². The van der Waals surface area contributed by atoms with Crippen molar-refractivity contribution in [3.63, 3.8) is 0 Å². The van der Waals surface area contributed by atoms with Gasteiger partial charge in [0, 0.05) is 6.08 Å². The Hall–Kier alpha value is -1.39. The molecule has 0 aromatic heterocycles. The highest BCUT2D eigenvalue weighted by Crippen LogP contribution is 2.02. The van der Waals surface area contributed by atoms with Crippen molar-refractivity contribution in [3.05, 3.63) is 48.6 Å². The maximum atomic E-state index is 10.8. The van der Waals surface area contributed by atoms with Gasteiger partial charge in [-0.15, -0.1) is 0 Å². The zero-order chi connectivity index (χ0) is 11.8. The van der Waals surface area contributed by atoms with Crippen LogP contribution in [0.3, 0.4) is 0 Å². The van der Waals surface area contributed by atoms with Gasteiger partial charge in [-0.05, 0) is 12.1 Å². The maximum absolute atomic E-state index is 10.8. The summed E-state index contributed by atoms with van der Waals surface area (Å²) in [6, 6.07) is 9.94. The average Bonchev–Trinajstić information content (AvgIpc) is 2.34. The van der Waals surface area contributed by atoms with Crippen molar-refractivity contribution in [1.29, 1.82) is 0 Å². The topological polar surface area (TPSA) is 35.5 Å². The van der Waals surface area contributed by atoms with Gasteiger partial charge >= 0.3 is 5.97 Å². The fourth-order valence-corrected chi connectivity index (χ4v) is 2.09. The average molecular weight is 236 g/mol. The number of carbonyl (C=O) groups is 1. The Morgan fingerprint density at radius 1 is 1.44 bits per heavy atom. The molecule has 0 bridgehead atoms. The molecule has 0 aliphatic rings. The predicted octanol–water partition coefficient (Wildman–Crippen LogP) is 1.83. The molecule has 3 nitrogen and oxygen atoms in total. The lowest BCUT2D eigenvalue weighted by Crippen LogP contribution is -2.22. The molecule has 0 spiro atoms. The van der Waals surface area contributed by atoms with Crippen molar-refractivity contribution >= 4 is 15.0 Å². The molecule has 4 heteroatoms. The normalized spacial score (nSPS) is 11.8. The Bertz CT molecular complexity index is 337. The highest BCUT2D eigenvalue weighted by atomic mass is 28.3. The minimum Gasteiger partial charge on any atom is -0.464 e. The molecule has 0 amide bonds. The SMILES string of the molecule is C=CC(=O)OC[SiH](C)OCc1ccccc1. The number of ether oxygens (including phenoxy) is 1. The van der Waals surface area contributed by atoms with E-state index in [9.17, 15) is 4.79 Å². The molecule has 0 radical (unpaired) electrons. The molecule has 86 valence electrons. The number of rotatable bonds is 6. The van der Waals surface area contributed by atoms with Crippen LogP contribution in [0, 0.1) is 0 Å². The quantitative estimate of drug-likeness (QED) is 0.429. The fraction of sp³-hybridized carbons (Fsp3) is 0.250.